The van der Waals surface area contributed by atoms with Gasteiger partial charge in [0.1, 0.15) is 0 Å². The summed E-state index contributed by atoms with van der Waals surface area (Å²) < 4.78 is 0. The van der Waals surface area contributed by atoms with Crippen LogP contribution in [0.1, 0.15) is 33.3 Å². The molecule has 0 bridgehead atoms. The molecule has 3 heteroatoms. The first-order valence-electron chi connectivity index (χ1n) is 5.50. The largest absolute Gasteiger partial charge is 0.399 e. The molecule has 4 N–H and O–H groups in total. The highest BCUT2D eigenvalue weighted by atomic mass is 16.3. The van der Waals surface area contributed by atoms with Gasteiger partial charge in [0.25, 0.3) is 0 Å². The van der Waals surface area contributed by atoms with Crippen LogP contribution in [0.2, 0.25) is 0 Å². The minimum absolute atomic E-state index is 0.407. The van der Waals surface area contributed by atoms with Gasteiger partial charge in [-0.25, -0.2) is 0 Å². The number of benzene rings is 1. The molecule has 0 aliphatic rings. The summed E-state index contributed by atoms with van der Waals surface area (Å²) in [6.45, 7) is 9.50. The van der Waals surface area contributed by atoms with E-state index in [2.05, 4.69) is 5.32 Å². The number of aryl methyl sites for hydroxylation is 1. The molecular formula is C13H22N2O. The van der Waals surface area contributed by atoms with E-state index >= 15 is 0 Å². The molecule has 0 heterocycles. The first kappa shape index (κ1) is 12.8. The standard InChI is InChI=1S/C13H22N2O/c1-9-8-10(6-7-11(9)14)15-12(2,3)13(4,5)16/h6-8,15-16H,14H2,1-5H3. The van der Waals surface area contributed by atoms with Crippen molar-refractivity contribution >= 4 is 11.4 Å². The molecule has 1 aromatic rings. The Hall–Kier alpha value is -1.22. The van der Waals surface area contributed by atoms with Crippen LogP contribution in [0.25, 0.3) is 0 Å². The normalized spacial score (nSPS) is 12.6. The predicted molar refractivity (Wildman–Crippen MR) is 69.6 cm³/mol. The van der Waals surface area contributed by atoms with Crippen LogP contribution in [0.5, 0.6) is 0 Å². The molecule has 0 atom stereocenters. The smallest absolute Gasteiger partial charge is 0.0814 e. The summed E-state index contributed by atoms with van der Waals surface area (Å²) in [5.74, 6) is 0. The van der Waals surface area contributed by atoms with Gasteiger partial charge in [0, 0.05) is 11.4 Å². The maximum absolute atomic E-state index is 10.0. The first-order chi connectivity index (χ1) is 7.13. The van der Waals surface area contributed by atoms with Crippen LogP contribution in [0.15, 0.2) is 18.2 Å². The molecule has 0 aromatic heterocycles. The maximum atomic E-state index is 10.0. The molecule has 0 radical (unpaired) electrons. The van der Waals surface area contributed by atoms with Crippen LogP contribution in [-0.4, -0.2) is 16.2 Å². The van der Waals surface area contributed by atoms with Crippen molar-refractivity contribution in [2.75, 3.05) is 11.1 Å². The lowest BCUT2D eigenvalue weighted by atomic mass is 9.85. The second-order valence-electron chi connectivity index (χ2n) is 5.38. The molecule has 90 valence electrons. The average Bonchev–Trinajstić information content (AvgIpc) is 2.09. The number of nitrogens with two attached hydrogens (primary N) is 1. The fourth-order valence-corrected chi connectivity index (χ4v) is 1.27. The minimum atomic E-state index is -0.803. The molecule has 0 spiro atoms. The molecule has 0 saturated carbocycles. The maximum Gasteiger partial charge on any atom is 0.0814 e. The van der Waals surface area contributed by atoms with Crippen LogP contribution < -0.4 is 11.1 Å². The summed E-state index contributed by atoms with van der Waals surface area (Å²) in [7, 11) is 0. The lowest BCUT2D eigenvalue weighted by molar-refractivity contribution is 0.0240. The highest BCUT2D eigenvalue weighted by Gasteiger charge is 2.34. The fraction of sp³-hybridized carbons (Fsp3) is 0.538. The van der Waals surface area contributed by atoms with Crippen LogP contribution in [0.3, 0.4) is 0 Å². The highest BCUT2D eigenvalue weighted by Crippen LogP contribution is 2.27. The van der Waals surface area contributed by atoms with Crippen LogP contribution in [-0.2, 0) is 0 Å². The van der Waals surface area contributed by atoms with Crippen molar-refractivity contribution in [3.63, 3.8) is 0 Å². The molecule has 0 saturated heterocycles. The number of nitrogens with one attached hydrogen (secondary N) is 1. The quantitative estimate of drug-likeness (QED) is 0.689. The Morgan fingerprint density at radius 2 is 1.75 bits per heavy atom. The zero-order valence-electron chi connectivity index (χ0n) is 10.8. The van der Waals surface area contributed by atoms with E-state index in [9.17, 15) is 5.11 Å². The second-order valence-corrected chi connectivity index (χ2v) is 5.38. The summed E-state index contributed by atoms with van der Waals surface area (Å²) >= 11 is 0. The Kier molecular flexibility index (Phi) is 3.20. The van der Waals surface area contributed by atoms with E-state index in [0.29, 0.717) is 0 Å². The summed E-state index contributed by atoms with van der Waals surface area (Å²) in [5.41, 5.74) is 7.34. The highest BCUT2D eigenvalue weighted by molar-refractivity contribution is 5.57. The molecule has 0 unspecified atom stereocenters. The zero-order valence-corrected chi connectivity index (χ0v) is 10.8. The Bertz CT molecular complexity index is 378. The van der Waals surface area contributed by atoms with Crippen molar-refractivity contribution in [2.24, 2.45) is 0 Å². The van der Waals surface area contributed by atoms with Crippen molar-refractivity contribution in [2.45, 2.75) is 45.8 Å². The number of hydrogen-bond acceptors (Lipinski definition) is 3. The zero-order chi connectivity index (χ0) is 12.6. The summed E-state index contributed by atoms with van der Waals surface area (Å²) in [4.78, 5) is 0. The van der Waals surface area contributed by atoms with E-state index in [-0.39, 0.29) is 0 Å². The minimum Gasteiger partial charge on any atom is -0.399 e. The molecule has 16 heavy (non-hydrogen) atoms. The van der Waals surface area contributed by atoms with Gasteiger partial charge < -0.3 is 16.2 Å². The topological polar surface area (TPSA) is 58.3 Å². The van der Waals surface area contributed by atoms with E-state index in [4.69, 9.17) is 5.73 Å². The number of nitrogen functional groups attached to an aromatic ring is 1. The van der Waals surface area contributed by atoms with Gasteiger partial charge in [0.2, 0.25) is 0 Å². The first-order valence-corrected chi connectivity index (χ1v) is 5.50. The van der Waals surface area contributed by atoms with Crippen LogP contribution in [0.4, 0.5) is 11.4 Å². The van der Waals surface area contributed by atoms with Crippen LogP contribution >= 0.6 is 0 Å². The number of aliphatic hydroxyl groups is 1. The molecule has 3 nitrogen and oxygen atoms in total. The van der Waals surface area contributed by atoms with E-state index in [0.717, 1.165) is 16.9 Å². The molecule has 1 aromatic carbocycles. The Morgan fingerprint density at radius 1 is 1.19 bits per heavy atom. The molecule has 0 fully saturated rings. The van der Waals surface area contributed by atoms with Crippen LogP contribution in [0, 0.1) is 6.92 Å². The van der Waals surface area contributed by atoms with Gasteiger partial charge in [-0.05, 0) is 58.4 Å². The van der Waals surface area contributed by atoms with Gasteiger partial charge in [0.15, 0.2) is 0 Å². The van der Waals surface area contributed by atoms with E-state index in [1.54, 1.807) is 13.8 Å². The third kappa shape index (κ3) is 2.67. The third-order valence-electron chi connectivity index (χ3n) is 3.26. The number of hydrogen-bond donors (Lipinski definition) is 3. The third-order valence-corrected chi connectivity index (χ3v) is 3.26. The summed E-state index contributed by atoms with van der Waals surface area (Å²) in [6.07, 6.45) is 0. The lowest BCUT2D eigenvalue weighted by Crippen LogP contribution is -2.51. The van der Waals surface area contributed by atoms with Crippen molar-refractivity contribution in [3.05, 3.63) is 23.8 Å². The van der Waals surface area contributed by atoms with E-state index < -0.39 is 11.1 Å². The Balaban J connectivity index is 2.93. The Morgan fingerprint density at radius 3 is 2.19 bits per heavy atom. The molecule has 0 amide bonds. The lowest BCUT2D eigenvalue weighted by Gasteiger charge is -2.39. The van der Waals surface area contributed by atoms with Gasteiger partial charge >= 0.3 is 0 Å². The predicted octanol–water partition coefficient (Wildman–Crippen LogP) is 2.54. The average molecular weight is 222 g/mol. The fourth-order valence-electron chi connectivity index (χ4n) is 1.27. The van der Waals surface area contributed by atoms with Gasteiger partial charge in [-0.3, -0.25) is 0 Å². The monoisotopic (exact) mass is 222 g/mol. The molecular weight excluding hydrogens is 200 g/mol. The van der Waals surface area contributed by atoms with Gasteiger partial charge in [-0.15, -0.1) is 0 Å². The summed E-state index contributed by atoms with van der Waals surface area (Å²) in [6, 6.07) is 5.79. The summed E-state index contributed by atoms with van der Waals surface area (Å²) in [5, 5.41) is 13.4. The van der Waals surface area contributed by atoms with Gasteiger partial charge in [0.05, 0.1) is 11.1 Å². The number of rotatable bonds is 3. The molecule has 1 rings (SSSR count). The van der Waals surface area contributed by atoms with E-state index in [1.807, 2.05) is 39.0 Å². The van der Waals surface area contributed by atoms with Crippen molar-refractivity contribution in [3.8, 4) is 0 Å². The van der Waals surface area contributed by atoms with Gasteiger partial charge in [-0.1, -0.05) is 0 Å². The Labute approximate surface area is 97.7 Å². The SMILES string of the molecule is Cc1cc(NC(C)(C)C(C)(C)O)ccc1N. The molecule has 0 aliphatic carbocycles. The van der Waals surface area contributed by atoms with Crippen molar-refractivity contribution in [1.82, 2.24) is 0 Å². The second kappa shape index (κ2) is 3.98. The van der Waals surface area contributed by atoms with Crippen molar-refractivity contribution < 1.29 is 5.11 Å². The van der Waals surface area contributed by atoms with Crippen molar-refractivity contribution in [1.29, 1.82) is 0 Å². The van der Waals surface area contributed by atoms with Gasteiger partial charge in [-0.2, -0.15) is 0 Å². The number of anilines is 2. The molecule has 0 aliphatic heterocycles. The van der Waals surface area contributed by atoms with E-state index in [1.165, 1.54) is 0 Å².